The molecule has 0 aliphatic rings. The molecule has 0 saturated carbocycles. The molecule has 5 heteroatoms. The van der Waals surface area contributed by atoms with Gasteiger partial charge in [0.25, 0.3) is 0 Å². The third-order valence-corrected chi connectivity index (χ3v) is 3.71. The first-order chi connectivity index (χ1) is 9.46. The van der Waals surface area contributed by atoms with Gasteiger partial charge in [-0.15, -0.1) is 0 Å². The van der Waals surface area contributed by atoms with Crippen LogP contribution in [0.3, 0.4) is 0 Å². The van der Waals surface area contributed by atoms with Crippen molar-refractivity contribution in [3.8, 4) is 0 Å². The first-order valence-electron chi connectivity index (χ1n) is 6.77. The van der Waals surface area contributed by atoms with Crippen LogP contribution in [0.15, 0.2) is 30.3 Å². The number of hydrogen-bond acceptors (Lipinski definition) is 3. The van der Waals surface area contributed by atoms with Crippen LogP contribution in [0.1, 0.15) is 26.7 Å². The third kappa shape index (κ3) is 3.57. The largest absolute Gasteiger partial charge is 0.480 e. The minimum absolute atomic E-state index is 0.000621. The van der Waals surface area contributed by atoms with Gasteiger partial charge in [0.1, 0.15) is 5.54 Å². The molecule has 1 aromatic carbocycles. The van der Waals surface area contributed by atoms with Crippen molar-refractivity contribution in [3.63, 3.8) is 0 Å². The number of nitrogens with one attached hydrogen (secondary N) is 1. The lowest BCUT2D eigenvalue weighted by atomic mass is 9.93. The van der Waals surface area contributed by atoms with Gasteiger partial charge in [-0.05, 0) is 25.0 Å². The number of para-hydroxylation sites is 1. The van der Waals surface area contributed by atoms with E-state index in [1.165, 1.54) is 4.90 Å². The molecular weight excluding hydrogens is 256 g/mol. The summed E-state index contributed by atoms with van der Waals surface area (Å²) < 4.78 is 0. The standard InChI is InChI=1S/C15H22N2O3/c1-4-15(5-2,14(19)20)16-11-13(18)17(3)12-9-7-6-8-10-12/h6-10,16H,4-5,11H2,1-3H3,(H,19,20). The summed E-state index contributed by atoms with van der Waals surface area (Å²) >= 11 is 0. The summed E-state index contributed by atoms with van der Waals surface area (Å²) in [5.41, 5.74) is -0.249. The van der Waals surface area contributed by atoms with Gasteiger partial charge >= 0.3 is 5.97 Å². The Morgan fingerprint density at radius 2 is 1.75 bits per heavy atom. The normalized spacial score (nSPS) is 11.2. The lowest BCUT2D eigenvalue weighted by Gasteiger charge is -2.29. The summed E-state index contributed by atoms with van der Waals surface area (Å²) in [4.78, 5) is 25.0. The van der Waals surface area contributed by atoms with Crippen molar-refractivity contribution in [1.29, 1.82) is 0 Å². The van der Waals surface area contributed by atoms with Crippen molar-refractivity contribution in [2.45, 2.75) is 32.2 Å². The summed E-state index contributed by atoms with van der Waals surface area (Å²) in [6.07, 6.45) is 0.863. The summed E-state index contributed by atoms with van der Waals surface area (Å²) in [6.45, 7) is 3.60. The molecule has 1 rings (SSSR count). The van der Waals surface area contributed by atoms with Gasteiger partial charge in [0.05, 0.1) is 6.54 Å². The van der Waals surface area contributed by atoms with E-state index in [9.17, 15) is 14.7 Å². The lowest BCUT2D eigenvalue weighted by molar-refractivity contribution is -0.145. The summed E-state index contributed by atoms with van der Waals surface area (Å²) in [5.74, 6) is -1.08. The molecule has 2 N–H and O–H groups in total. The Kier molecular flexibility index (Phi) is 5.70. The molecule has 0 radical (unpaired) electrons. The molecule has 0 saturated heterocycles. The average molecular weight is 278 g/mol. The van der Waals surface area contributed by atoms with E-state index in [1.807, 2.05) is 30.3 Å². The summed E-state index contributed by atoms with van der Waals surface area (Å²) in [5, 5.41) is 12.2. The second kappa shape index (κ2) is 7.05. The topological polar surface area (TPSA) is 69.6 Å². The molecule has 0 unspecified atom stereocenters. The Morgan fingerprint density at radius 1 is 1.20 bits per heavy atom. The molecule has 0 fully saturated rings. The van der Waals surface area contributed by atoms with Gasteiger partial charge in [-0.3, -0.25) is 14.9 Å². The van der Waals surface area contributed by atoms with Crippen LogP contribution in [-0.4, -0.2) is 36.1 Å². The van der Waals surface area contributed by atoms with Crippen LogP contribution in [-0.2, 0) is 9.59 Å². The molecule has 0 atom stereocenters. The van der Waals surface area contributed by atoms with Crippen LogP contribution in [0.25, 0.3) is 0 Å². The van der Waals surface area contributed by atoms with Crippen molar-refractivity contribution in [2.75, 3.05) is 18.5 Å². The number of benzene rings is 1. The molecule has 20 heavy (non-hydrogen) atoms. The number of anilines is 1. The highest BCUT2D eigenvalue weighted by Gasteiger charge is 2.34. The highest BCUT2D eigenvalue weighted by molar-refractivity contribution is 5.94. The van der Waals surface area contributed by atoms with Crippen molar-refractivity contribution >= 4 is 17.6 Å². The Morgan fingerprint density at radius 3 is 2.20 bits per heavy atom. The molecule has 0 aliphatic carbocycles. The fourth-order valence-corrected chi connectivity index (χ4v) is 2.04. The lowest BCUT2D eigenvalue weighted by Crippen LogP contribution is -2.54. The van der Waals surface area contributed by atoms with Gasteiger partial charge in [0, 0.05) is 12.7 Å². The van der Waals surface area contributed by atoms with Crippen molar-refractivity contribution in [3.05, 3.63) is 30.3 Å². The summed E-state index contributed by atoms with van der Waals surface area (Å²) in [7, 11) is 1.68. The Balaban J connectivity index is 2.69. The van der Waals surface area contributed by atoms with Crippen molar-refractivity contribution < 1.29 is 14.7 Å². The highest BCUT2D eigenvalue weighted by atomic mass is 16.4. The fraction of sp³-hybridized carbons (Fsp3) is 0.467. The minimum atomic E-state index is -1.03. The maximum absolute atomic E-state index is 12.1. The molecule has 5 nitrogen and oxygen atoms in total. The number of nitrogens with zero attached hydrogens (tertiary/aromatic N) is 1. The van der Waals surface area contributed by atoms with Crippen LogP contribution in [0.2, 0.25) is 0 Å². The number of carbonyl (C=O) groups excluding carboxylic acids is 1. The smallest absolute Gasteiger partial charge is 0.323 e. The van der Waals surface area contributed by atoms with Crippen LogP contribution < -0.4 is 10.2 Å². The zero-order chi connectivity index (χ0) is 15.2. The predicted molar refractivity (Wildman–Crippen MR) is 78.8 cm³/mol. The molecular formula is C15H22N2O3. The second-order valence-electron chi connectivity index (χ2n) is 4.74. The Bertz CT molecular complexity index is 455. The Labute approximate surface area is 119 Å². The minimum Gasteiger partial charge on any atom is -0.480 e. The van der Waals surface area contributed by atoms with E-state index in [2.05, 4.69) is 5.32 Å². The van der Waals surface area contributed by atoms with E-state index in [4.69, 9.17) is 0 Å². The molecule has 0 aliphatic heterocycles. The fourth-order valence-electron chi connectivity index (χ4n) is 2.04. The van der Waals surface area contributed by atoms with Gasteiger partial charge in [0.15, 0.2) is 0 Å². The number of carbonyl (C=O) groups is 2. The zero-order valence-electron chi connectivity index (χ0n) is 12.2. The highest BCUT2D eigenvalue weighted by Crippen LogP contribution is 2.16. The van der Waals surface area contributed by atoms with E-state index >= 15 is 0 Å². The van der Waals surface area contributed by atoms with Gasteiger partial charge in [-0.25, -0.2) is 0 Å². The van der Waals surface area contributed by atoms with Crippen LogP contribution >= 0.6 is 0 Å². The molecule has 0 aromatic heterocycles. The molecule has 1 amide bonds. The number of carboxylic acid groups (broad SMARTS) is 1. The van der Waals surface area contributed by atoms with Gasteiger partial charge in [-0.1, -0.05) is 32.0 Å². The van der Waals surface area contributed by atoms with E-state index < -0.39 is 11.5 Å². The maximum Gasteiger partial charge on any atom is 0.323 e. The van der Waals surface area contributed by atoms with E-state index in [1.54, 1.807) is 20.9 Å². The first kappa shape index (κ1) is 16.2. The van der Waals surface area contributed by atoms with Crippen LogP contribution in [0, 0.1) is 0 Å². The number of rotatable bonds is 7. The maximum atomic E-state index is 12.1. The molecule has 0 spiro atoms. The first-order valence-corrected chi connectivity index (χ1v) is 6.77. The van der Waals surface area contributed by atoms with Crippen LogP contribution in [0.4, 0.5) is 5.69 Å². The monoisotopic (exact) mass is 278 g/mol. The number of likely N-dealkylation sites (N-methyl/N-ethyl adjacent to an activating group) is 1. The average Bonchev–Trinajstić information content (AvgIpc) is 2.48. The molecule has 0 bridgehead atoms. The Hall–Kier alpha value is -1.88. The molecule has 110 valence electrons. The van der Waals surface area contributed by atoms with Crippen molar-refractivity contribution in [1.82, 2.24) is 5.32 Å². The van der Waals surface area contributed by atoms with E-state index in [0.717, 1.165) is 5.69 Å². The second-order valence-corrected chi connectivity index (χ2v) is 4.74. The molecule has 1 aromatic rings. The van der Waals surface area contributed by atoms with Crippen molar-refractivity contribution in [2.24, 2.45) is 0 Å². The quantitative estimate of drug-likeness (QED) is 0.799. The van der Waals surface area contributed by atoms with E-state index in [0.29, 0.717) is 12.8 Å². The predicted octanol–water partition coefficient (Wildman–Crippen LogP) is 1.88. The number of carboxylic acids is 1. The van der Waals surface area contributed by atoms with Gasteiger partial charge in [-0.2, -0.15) is 0 Å². The number of amides is 1. The van der Waals surface area contributed by atoms with Crippen LogP contribution in [0.5, 0.6) is 0 Å². The SMILES string of the molecule is CCC(CC)(NCC(=O)N(C)c1ccccc1)C(=O)O. The molecule has 0 heterocycles. The zero-order valence-corrected chi connectivity index (χ0v) is 12.2. The number of hydrogen-bond donors (Lipinski definition) is 2. The number of aliphatic carboxylic acids is 1. The third-order valence-electron chi connectivity index (χ3n) is 3.71. The van der Waals surface area contributed by atoms with Gasteiger partial charge in [0.2, 0.25) is 5.91 Å². The van der Waals surface area contributed by atoms with Gasteiger partial charge < -0.3 is 10.0 Å². The summed E-state index contributed by atoms with van der Waals surface area (Å²) in [6, 6.07) is 9.26. The van der Waals surface area contributed by atoms with E-state index in [-0.39, 0.29) is 12.5 Å².